The number of aromatic nitrogens is 1. The Labute approximate surface area is 163 Å². The predicted octanol–water partition coefficient (Wildman–Crippen LogP) is 4.74. The summed E-state index contributed by atoms with van der Waals surface area (Å²) in [6, 6.07) is 15.8. The van der Waals surface area contributed by atoms with Crippen molar-refractivity contribution < 1.29 is 19.1 Å². The van der Waals surface area contributed by atoms with E-state index in [2.05, 4.69) is 4.98 Å². The van der Waals surface area contributed by atoms with E-state index in [0.29, 0.717) is 16.8 Å². The number of hydrogen-bond acceptors (Lipinski definition) is 4. The molecular formula is C23H21NO4. The third kappa shape index (κ3) is 2.80. The molecule has 0 aliphatic heterocycles. The Balaban J connectivity index is 1.69. The summed E-state index contributed by atoms with van der Waals surface area (Å²) in [7, 11) is 0. The predicted molar refractivity (Wildman–Crippen MR) is 105 cm³/mol. The first-order chi connectivity index (χ1) is 13.5. The van der Waals surface area contributed by atoms with Crippen LogP contribution in [0, 0.1) is 13.8 Å². The van der Waals surface area contributed by atoms with Crippen LogP contribution in [0.4, 0.5) is 0 Å². The highest BCUT2D eigenvalue weighted by molar-refractivity contribution is 5.98. The van der Waals surface area contributed by atoms with Crippen LogP contribution < -0.4 is 0 Å². The van der Waals surface area contributed by atoms with Crippen molar-refractivity contribution in [2.24, 2.45) is 0 Å². The van der Waals surface area contributed by atoms with Crippen LogP contribution in [-0.2, 0) is 9.47 Å². The molecule has 1 aliphatic carbocycles. The largest absolute Gasteiger partial charge is 0.462 e. The van der Waals surface area contributed by atoms with Crippen molar-refractivity contribution in [3.05, 3.63) is 82.2 Å². The minimum atomic E-state index is -0.493. The standard InChI is InChI=1S/C23H21NO4/c1-4-27-22(25)19-13(2)20(24-14(19)3)23(26)28-21-17-11-7-5-9-15(17)16-10-6-8-12-18(16)21/h5-12,21,24H,4H2,1-3H3. The normalized spacial score (nSPS) is 12.4. The van der Waals surface area contributed by atoms with Gasteiger partial charge in [0.15, 0.2) is 6.10 Å². The van der Waals surface area contributed by atoms with Crippen molar-refractivity contribution in [3.8, 4) is 11.1 Å². The maximum atomic E-state index is 13.0. The fraction of sp³-hybridized carbons (Fsp3) is 0.217. The smallest absolute Gasteiger partial charge is 0.356 e. The number of benzene rings is 2. The summed E-state index contributed by atoms with van der Waals surface area (Å²) in [5, 5.41) is 0. The molecule has 142 valence electrons. The van der Waals surface area contributed by atoms with Gasteiger partial charge in [0, 0.05) is 16.8 Å². The minimum absolute atomic E-state index is 0.276. The number of aryl methyl sites for hydroxylation is 1. The van der Waals surface area contributed by atoms with Gasteiger partial charge in [-0.05, 0) is 37.5 Å². The first-order valence-electron chi connectivity index (χ1n) is 9.28. The Bertz CT molecular complexity index is 1030. The number of fused-ring (bicyclic) bond motifs is 3. The summed E-state index contributed by atoms with van der Waals surface area (Å²) in [6.07, 6.45) is -0.478. The fourth-order valence-corrected chi connectivity index (χ4v) is 3.87. The second-order valence-corrected chi connectivity index (χ2v) is 6.81. The van der Waals surface area contributed by atoms with Gasteiger partial charge in [-0.2, -0.15) is 0 Å². The van der Waals surface area contributed by atoms with Crippen LogP contribution in [0.2, 0.25) is 0 Å². The molecule has 5 heteroatoms. The summed E-state index contributed by atoms with van der Waals surface area (Å²) in [5.41, 5.74) is 5.87. The molecular weight excluding hydrogens is 354 g/mol. The summed E-state index contributed by atoms with van der Waals surface area (Å²) < 4.78 is 11.0. The molecule has 0 saturated carbocycles. The van der Waals surface area contributed by atoms with Gasteiger partial charge in [0.1, 0.15) is 5.69 Å². The SMILES string of the molecule is CCOC(=O)c1c(C)[nH]c(C(=O)OC2c3ccccc3-c3ccccc32)c1C. The average molecular weight is 375 g/mol. The lowest BCUT2D eigenvalue weighted by Gasteiger charge is -2.15. The second-order valence-electron chi connectivity index (χ2n) is 6.81. The summed E-state index contributed by atoms with van der Waals surface area (Å²) in [5.74, 6) is -0.933. The molecule has 0 unspecified atom stereocenters. The quantitative estimate of drug-likeness (QED) is 0.669. The lowest BCUT2D eigenvalue weighted by Crippen LogP contribution is -2.13. The van der Waals surface area contributed by atoms with Crippen molar-refractivity contribution >= 4 is 11.9 Å². The highest BCUT2D eigenvalue weighted by Gasteiger charge is 2.33. The second kappa shape index (κ2) is 7.00. The van der Waals surface area contributed by atoms with Crippen LogP contribution in [0.15, 0.2) is 48.5 Å². The van der Waals surface area contributed by atoms with E-state index in [1.807, 2.05) is 48.5 Å². The van der Waals surface area contributed by atoms with Crippen molar-refractivity contribution in [1.29, 1.82) is 0 Å². The number of rotatable bonds is 4. The Morgan fingerprint density at radius 1 is 0.929 bits per heavy atom. The van der Waals surface area contributed by atoms with Crippen LogP contribution in [-0.4, -0.2) is 23.5 Å². The van der Waals surface area contributed by atoms with Gasteiger partial charge in [-0.25, -0.2) is 9.59 Å². The van der Waals surface area contributed by atoms with Gasteiger partial charge in [0.2, 0.25) is 0 Å². The molecule has 0 saturated heterocycles. The maximum absolute atomic E-state index is 13.0. The van der Waals surface area contributed by atoms with Gasteiger partial charge in [0.05, 0.1) is 12.2 Å². The van der Waals surface area contributed by atoms with Crippen LogP contribution in [0.5, 0.6) is 0 Å². The third-order valence-electron chi connectivity index (χ3n) is 5.12. The van der Waals surface area contributed by atoms with Gasteiger partial charge in [-0.1, -0.05) is 48.5 Å². The lowest BCUT2D eigenvalue weighted by atomic mass is 10.1. The van der Waals surface area contributed by atoms with Crippen LogP contribution in [0.3, 0.4) is 0 Å². The van der Waals surface area contributed by atoms with E-state index in [9.17, 15) is 9.59 Å². The molecule has 0 radical (unpaired) electrons. The topological polar surface area (TPSA) is 68.4 Å². The van der Waals surface area contributed by atoms with Crippen molar-refractivity contribution in [1.82, 2.24) is 4.98 Å². The summed E-state index contributed by atoms with van der Waals surface area (Å²) >= 11 is 0. The van der Waals surface area contributed by atoms with Crippen molar-refractivity contribution in [2.75, 3.05) is 6.61 Å². The van der Waals surface area contributed by atoms with E-state index in [0.717, 1.165) is 22.3 Å². The number of ether oxygens (including phenoxy) is 2. The monoisotopic (exact) mass is 375 g/mol. The first kappa shape index (κ1) is 18.0. The molecule has 1 aromatic heterocycles. The molecule has 0 amide bonds. The van der Waals surface area contributed by atoms with Crippen molar-refractivity contribution in [2.45, 2.75) is 26.9 Å². The molecule has 0 spiro atoms. The zero-order valence-corrected chi connectivity index (χ0v) is 16.0. The number of carbonyl (C=O) groups excluding carboxylic acids is 2. The third-order valence-corrected chi connectivity index (χ3v) is 5.12. The van der Waals surface area contributed by atoms with E-state index >= 15 is 0 Å². The average Bonchev–Trinajstić information content (AvgIpc) is 3.17. The highest BCUT2D eigenvalue weighted by Crippen LogP contribution is 2.45. The van der Waals surface area contributed by atoms with E-state index in [-0.39, 0.29) is 12.3 Å². The molecule has 4 rings (SSSR count). The minimum Gasteiger partial charge on any atom is -0.462 e. The maximum Gasteiger partial charge on any atom is 0.356 e. The summed E-state index contributed by atoms with van der Waals surface area (Å²) in [4.78, 5) is 28.2. The number of aromatic amines is 1. The summed E-state index contributed by atoms with van der Waals surface area (Å²) in [6.45, 7) is 5.50. The Hall–Kier alpha value is -3.34. The zero-order valence-electron chi connectivity index (χ0n) is 16.0. The van der Waals surface area contributed by atoms with Crippen molar-refractivity contribution in [3.63, 3.8) is 0 Å². The molecule has 0 fully saturated rings. The molecule has 28 heavy (non-hydrogen) atoms. The Kier molecular flexibility index (Phi) is 4.51. The number of H-pyrrole nitrogens is 1. The van der Waals surface area contributed by atoms with Gasteiger partial charge >= 0.3 is 11.9 Å². The van der Waals surface area contributed by atoms with Gasteiger partial charge in [-0.3, -0.25) is 0 Å². The van der Waals surface area contributed by atoms with Gasteiger partial charge in [-0.15, -0.1) is 0 Å². The molecule has 1 N–H and O–H groups in total. The zero-order chi connectivity index (χ0) is 19.8. The van der Waals surface area contributed by atoms with Crippen LogP contribution in [0.25, 0.3) is 11.1 Å². The number of nitrogens with one attached hydrogen (secondary N) is 1. The molecule has 3 aromatic rings. The number of carbonyl (C=O) groups is 2. The van der Waals surface area contributed by atoms with E-state index in [1.54, 1.807) is 20.8 Å². The Morgan fingerprint density at radius 3 is 2.07 bits per heavy atom. The van der Waals surface area contributed by atoms with Crippen LogP contribution in [0.1, 0.15) is 56.3 Å². The van der Waals surface area contributed by atoms with Crippen LogP contribution >= 0.6 is 0 Å². The van der Waals surface area contributed by atoms with Gasteiger partial charge < -0.3 is 14.5 Å². The lowest BCUT2D eigenvalue weighted by molar-refractivity contribution is 0.0378. The van der Waals surface area contributed by atoms with E-state index in [4.69, 9.17) is 9.47 Å². The van der Waals surface area contributed by atoms with E-state index < -0.39 is 18.0 Å². The fourth-order valence-electron chi connectivity index (χ4n) is 3.87. The van der Waals surface area contributed by atoms with Gasteiger partial charge in [0.25, 0.3) is 0 Å². The molecule has 5 nitrogen and oxygen atoms in total. The Morgan fingerprint density at radius 2 is 1.50 bits per heavy atom. The number of esters is 2. The first-order valence-corrected chi connectivity index (χ1v) is 9.28. The molecule has 0 atom stereocenters. The molecule has 0 bridgehead atoms. The highest BCUT2D eigenvalue weighted by atomic mass is 16.5. The molecule has 2 aromatic carbocycles. The molecule has 1 heterocycles. The number of hydrogen-bond donors (Lipinski definition) is 1. The molecule has 1 aliphatic rings. The van der Waals surface area contributed by atoms with E-state index in [1.165, 1.54) is 0 Å².